The van der Waals surface area contributed by atoms with Gasteiger partial charge in [0.15, 0.2) is 0 Å². The third-order valence-corrected chi connectivity index (χ3v) is 4.27. The molecule has 5 heteroatoms. The topological polar surface area (TPSA) is 52.7 Å². The lowest BCUT2D eigenvalue weighted by Gasteiger charge is -2.32. The first kappa shape index (κ1) is 15.3. The summed E-state index contributed by atoms with van der Waals surface area (Å²) in [7, 11) is 0. The van der Waals surface area contributed by atoms with Gasteiger partial charge in [-0.25, -0.2) is 0 Å². The number of nitrogens with zero attached hydrogens (tertiary/aromatic N) is 2. The van der Waals surface area contributed by atoms with E-state index in [1.54, 1.807) is 4.90 Å². The molecule has 1 N–H and O–H groups in total. The second kappa shape index (κ2) is 6.57. The summed E-state index contributed by atoms with van der Waals surface area (Å²) in [6.45, 7) is 8.32. The molecule has 2 aliphatic rings. The first-order valence-electron chi connectivity index (χ1n) is 7.86. The van der Waals surface area contributed by atoms with Crippen molar-refractivity contribution in [3.63, 3.8) is 0 Å². The van der Waals surface area contributed by atoms with E-state index in [4.69, 9.17) is 0 Å². The van der Waals surface area contributed by atoms with Crippen molar-refractivity contribution >= 4 is 11.8 Å². The van der Waals surface area contributed by atoms with Gasteiger partial charge in [-0.15, -0.1) is 0 Å². The van der Waals surface area contributed by atoms with Crippen molar-refractivity contribution in [1.29, 1.82) is 0 Å². The van der Waals surface area contributed by atoms with E-state index < -0.39 is 0 Å². The summed E-state index contributed by atoms with van der Waals surface area (Å²) in [6, 6.07) is -0.150. The molecule has 114 valence electrons. The highest BCUT2D eigenvalue weighted by Gasteiger charge is 2.38. The van der Waals surface area contributed by atoms with Crippen molar-refractivity contribution in [3.8, 4) is 0 Å². The van der Waals surface area contributed by atoms with Gasteiger partial charge in [-0.2, -0.15) is 0 Å². The van der Waals surface area contributed by atoms with Crippen molar-refractivity contribution < 1.29 is 9.59 Å². The maximum atomic E-state index is 12.5. The minimum Gasteiger partial charge on any atom is -0.341 e. The Balaban J connectivity index is 1.93. The number of rotatable bonds is 4. The lowest BCUT2D eigenvalue weighted by Crippen LogP contribution is -2.51. The minimum absolute atomic E-state index is 0.0801. The van der Waals surface area contributed by atoms with Crippen LogP contribution in [-0.4, -0.2) is 59.4 Å². The number of amides is 2. The Labute approximate surface area is 121 Å². The zero-order chi connectivity index (χ0) is 14.7. The first-order valence-corrected chi connectivity index (χ1v) is 7.86. The van der Waals surface area contributed by atoms with Gasteiger partial charge in [0.2, 0.25) is 11.8 Å². The summed E-state index contributed by atoms with van der Waals surface area (Å²) in [5, 5.41) is 3.28. The average molecular weight is 281 g/mol. The monoisotopic (exact) mass is 281 g/mol. The van der Waals surface area contributed by atoms with Crippen LogP contribution in [0, 0.1) is 0 Å². The summed E-state index contributed by atoms with van der Waals surface area (Å²) in [6.07, 6.45) is 4.18. The van der Waals surface area contributed by atoms with Gasteiger partial charge in [0.25, 0.3) is 0 Å². The Hall–Kier alpha value is -1.10. The predicted molar refractivity (Wildman–Crippen MR) is 78.3 cm³/mol. The second-order valence-corrected chi connectivity index (χ2v) is 6.26. The number of carbonyl (C=O) groups is 2. The largest absolute Gasteiger partial charge is 0.341 e. The van der Waals surface area contributed by atoms with Crippen LogP contribution in [0.4, 0.5) is 0 Å². The van der Waals surface area contributed by atoms with Gasteiger partial charge in [0.1, 0.15) is 6.04 Å². The van der Waals surface area contributed by atoms with Crippen LogP contribution in [0.3, 0.4) is 0 Å². The number of carbonyl (C=O) groups excluding carboxylic acids is 2. The third kappa shape index (κ3) is 3.32. The molecule has 0 aromatic rings. The molecule has 0 aliphatic carbocycles. The zero-order valence-electron chi connectivity index (χ0n) is 12.9. The van der Waals surface area contributed by atoms with Gasteiger partial charge in [-0.05, 0) is 32.6 Å². The Morgan fingerprint density at radius 1 is 1.15 bits per heavy atom. The van der Waals surface area contributed by atoms with Crippen molar-refractivity contribution in [2.45, 2.75) is 64.6 Å². The van der Waals surface area contributed by atoms with Crippen LogP contribution in [0.2, 0.25) is 0 Å². The summed E-state index contributed by atoms with van der Waals surface area (Å²) < 4.78 is 0. The Kier molecular flexibility index (Phi) is 5.02. The molecule has 2 heterocycles. The molecule has 5 nitrogen and oxygen atoms in total. The second-order valence-electron chi connectivity index (χ2n) is 6.26. The molecule has 0 spiro atoms. The Morgan fingerprint density at radius 2 is 1.80 bits per heavy atom. The normalized spacial score (nSPS) is 25.4. The van der Waals surface area contributed by atoms with Crippen LogP contribution in [0.15, 0.2) is 0 Å². The van der Waals surface area contributed by atoms with Gasteiger partial charge in [0.05, 0.1) is 6.04 Å². The van der Waals surface area contributed by atoms with E-state index in [1.807, 2.05) is 25.7 Å². The molecule has 2 fully saturated rings. The van der Waals surface area contributed by atoms with Crippen LogP contribution < -0.4 is 5.32 Å². The van der Waals surface area contributed by atoms with Gasteiger partial charge < -0.3 is 15.1 Å². The van der Waals surface area contributed by atoms with Crippen LogP contribution >= 0.6 is 0 Å². The molecular weight excluding hydrogens is 254 g/mol. The van der Waals surface area contributed by atoms with E-state index in [9.17, 15) is 9.59 Å². The van der Waals surface area contributed by atoms with E-state index in [2.05, 4.69) is 5.32 Å². The first-order chi connectivity index (χ1) is 9.50. The average Bonchev–Trinajstić information content (AvgIpc) is 2.79. The standard InChI is InChI=1S/C15H27N3O2/c1-11(2)16-13-7-10-18(15(13)20)12(3)14(19)17-8-5-4-6-9-17/h11-13,16H,4-10H2,1-3H3. The fraction of sp³-hybridized carbons (Fsp3) is 0.867. The van der Waals surface area contributed by atoms with Gasteiger partial charge in [-0.1, -0.05) is 13.8 Å². The summed E-state index contributed by atoms with van der Waals surface area (Å²) in [4.78, 5) is 28.5. The highest BCUT2D eigenvalue weighted by atomic mass is 16.2. The molecule has 0 aromatic carbocycles. The SMILES string of the molecule is CC(C)NC1CCN(C(C)C(=O)N2CCCCC2)C1=O. The molecule has 0 aromatic heterocycles. The number of hydrogen-bond donors (Lipinski definition) is 1. The number of piperidine rings is 1. The summed E-state index contributed by atoms with van der Waals surface area (Å²) >= 11 is 0. The maximum Gasteiger partial charge on any atom is 0.245 e. The number of likely N-dealkylation sites (tertiary alicyclic amines) is 2. The smallest absolute Gasteiger partial charge is 0.245 e. The van der Waals surface area contributed by atoms with Crippen LogP contribution in [-0.2, 0) is 9.59 Å². The highest BCUT2D eigenvalue weighted by molar-refractivity contribution is 5.91. The van der Waals surface area contributed by atoms with Gasteiger partial charge in [-0.3, -0.25) is 9.59 Å². The third-order valence-electron chi connectivity index (χ3n) is 4.27. The zero-order valence-corrected chi connectivity index (χ0v) is 12.9. The number of nitrogens with one attached hydrogen (secondary N) is 1. The fourth-order valence-electron chi connectivity index (χ4n) is 3.16. The Morgan fingerprint density at radius 3 is 2.40 bits per heavy atom. The lowest BCUT2D eigenvalue weighted by atomic mass is 10.1. The quantitative estimate of drug-likeness (QED) is 0.836. The molecule has 20 heavy (non-hydrogen) atoms. The summed E-state index contributed by atoms with van der Waals surface area (Å²) in [5.74, 6) is 0.194. The molecule has 0 bridgehead atoms. The molecule has 0 saturated carbocycles. The molecule has 2 unspecified atom stereocenters. The van der Waals surface area contributed by atoms with E-state index >= 15 is 0 Å². The molecule has 2 saturated heterocycles. The van der Waals surface area contributed by atoms with E-state index in [-0.39, 0.29) is 29.9 Å². The molecule has 2 aliphatic heterocycles. The van der Waals surface area contributed by atoms with Crippen molar-refractivity contribution in [1.82, 2.24) is 15.1 Å². The van der Waals surface area contributed by atoms with Gasteiger partial charge in [0, 0.05) is 25.7 Å². The van der Waals surface area contributed by atoms with E-state index in [1.165, 1.54) is 6.42 Å². The molecular formula is C15H27N3O2. The Bertz CT molecular complexity index is 364. The molecule has 2 atom stereocenters. The molecule has 2 amide bonds. The predicted octanol–water partition coefficient (Wildman–Crippen LogP) is 0.986. The van der Waals surface area contributed by atoms with E-state index in [0.29, 0.717) is 6.54 Å². The number of hydrogen-bond acceptors (Lipinski definition) is 3. The van der Waals surface area contributed by atoms with Crippen LogP contribution in [0.5, 0.6) is 0 Å². The van der Waals surface area contributed by atoms with E-state index in [0.717, 1.165) is 32.4 Å². The minimum atomic E-state index is -0.320. The van der Waals surface area contributed by atoms with Crippen LogP contribution in [0.25, 0.3) is 0 Å². The fourth-order valence-corrected chi connectivity index (χ4v) is 3.16. The molecule has 0 radical (unpaired) electrons. The van der Waals surface area contributed by atoms with Gasteiger partial charge >= 0.3 is 0 Å². The van der Waals surface area contributed by atoms with Crippen molar-refractivity contribution in [2.24, 2.45) is 0 Å². The summed E-state index contributed by atoms with van der Waals surface area (Å²) in [5.41, 5.74) is 0. The van der Waals surface area contributed by atoms with Crippen molar-refractivity contribution in [2.75, 3.05) is 19.6 Å². The molecule has 2 rings (SSSR count). The highest BCUT2D eigenvalue weighted by Crippen LogP contribution is 2.18. The maximum absolute atomic E-state index is 12.5. The van der Waals surface area contributed by atoms with Crippen LogP contribution in [0.1, 0.15) is 46.5 Å². The van der Waals surface area contributed by atoms with Crippen molar-refractivity contribution in [3.05, 3.63) is 0 Å². The lowest BCUT2D eigenvalue weighted by molar-refractivity contribution is -0.144.